The first-order chi connectivity index (χ1) is 14.0. The van der Waals surface area contributed by atoms with Gasteiger partial charge in [0.1, 0.15) is 11.1 Å². The molecule has 0 aliphatic rings. The number of carboxylic acid groups (broad SMARTS) is 1. The average molecular weight is 394 g/mol. The summed E-state index contributed by atoms with van der Waals surface area (Å²) >= 11 is 0. The van der Waals surface area contributed by atoms with Crippen LogP contribution in [-0.4, -0.2) is 38.7 Å². The van der Waals surface area contributed by atoms with Gasteiger partial charge in [-0.2, -0.15) is 4.98 Å². The van der Waals surface area contributed by atoms with Gasteiger partial charge in [-0.1, -0.05) is 48.5 Å². The van der Waals surface area contributed by atoms with Gasteiger partial charge in [-0.15, -0.1) is 0 Å². The highest BCUT2D eigenvalue weighted by atomic mass is 16.5. The first-order valence-corrected chi connectivity index (χ1v) is 9.35. The minimum Gasteiger partial charge on any atom is -0.481 e. The first-order valence-electron chi connectivity index (χ1n) is 9.35. The Labute approximate surface area is 168 Å². The molecule has 2 heterocycles. The second-order valence-electron chi connectivity index (χ2n) is 6.61. The maximum absolute atomic E-state index is 12.3. The number of carboxylic acids is 1. The molecular formula is C21H22N4O4. The molecule has 1 amide bonds. The van der Waals surface area contributed by atoms with E-state index in [1.807, 2.05) is 12.1 Å². The predicted octanol–water partition coefficient (Wildman–Crippen LogP) is 2.61. The van der Waals surface area contributed by atoms with Gasteiger partial charge < -0.3 is 14.9 Å². The van der Waals surface area contributed by atoms with Gasteiger partial charge >= 0.3 is 5.97 Å². The summed E-state index contributed by atoms with van der Waals surface area (Å²) in [4.78, 5) is 32.7. The molecule has 0 aliphatic heterocycles. The summed E-state index contributed by atoms with van der Waals surface area (Å²) in [5.74, 6) is -0.564. The van der Waals surface area contributed by atoms with E-state index in [-0.39, 0.29) is 25.3 Å². The third kappa shape index (κ3) is 4.66. The van der Waals surface area contributed by atoms with Gasteiger partial charge in [0.15, 0.2) is 0 Å². The Morgan fingerprint density at radius 1 is 1.14 bits per heavy atom. The fourth-order valence-corrected chi connectivity index (χ4v) is 3.05. The standard InChI is InChI=1S/C21H22N4O4/c1-2-21(20(27)28,15-8-4-3-5-9-15)14-23-17(26)11-12-18-24-19(25-29-18)16-10-6-7-13-22-16/h3-10,13H,2,11-12,14H2,1H3,(H,23,26)(H,27,28). The second-order valence-corrected chi connectivity index (χ2v) is 6.61. The highest BCUT2D eigenvalue weighted by Crippen LogP contribution is 2.28. The molecule has 0 fully saturated rings. The lowest BCUT2D eigenvalue weighted by Gasteiger charge is -2.29. The molecule has 3 aromatic rings. The van der Waals surface area contributed by atoms with Crippen molar-refractivity contribution >= 4 is 11.9 Å². The number of rotatable bonds is 9. The van der Waals surface area contributed by atoms with Gasteiger partial charge in [0.25, 0.3) is 0 Å². The normalized spacial score (nSPS) is 12.9. The zero-order valence-electron chi connectivity index (χ0n) is 16.0. The molecule has 0 aliphatic carbocycles. The molecular weight excluding hydrogens is 372 g/mol. The lowest BCUT2D eigenvalue weighted by molar-refractivity contribution is -0.144. The van der Waals surface area contributed by atoms with Gasteiger partial charge in [0, 0.05) is 25.6 Å². The van der Waals surface area contributed by atoms with Crippen molar-refractivity contribution in [2.75, 3.05) is 6.54 Å². The lowest BCUT2D eigenvalue weighted by Crippen LogP contribution is -2.46. The first kappa shape index (κ1) is 20.2. The highest BCUT2D eigenvalue weighted by molar-refractivity contribution is 5.83. The van der Waals surface area contributed by atoms with Crippen molar-refractivity contribution in [3.05, 3.63) is 66.2 Å². The van der Waals surface area contributed by atoms with Crippen LogP contribution in [0.25, 0.3) is 11.5 Å². The number of carbonyl (C=O) groups is 2. The van der Waals surface area contributed by atoms with Crippen molar-refractivity contribution in [1.29, 1.82) is 0 Å². The van der Waals surface area contributed by atoms with Crippen molar-refractivity contribution in [2.45, 2.75) is 31.6 Å². The number of nitrogens with zero attached hydrogens (tertiary/aromatic N) is 3. The quantitative estimate of drug-likeness (QED) is 0.573. The molecule has 0 saturated carbocycles. The molecule has 0 radical (unpaired) electrons. The minimum absolute atomic E-state index is 0.00466. The molecule has 150 valence electrons. The van der Waals surface area contributed by atoms with E-state index in [4.69, 9.17) is 4.52 Å². The van der Waals surface area contributed by atoms with Crippen LogP contribution in [0.1, 0.15) is 31.2 Å². The third-order valence-corrected chi connectivity index (χ3v) is 4.85. The van der Waals surface area contributed by atoms with E-state index in [9.17, 15) is 14.7 Å². The monoisotopic (exact) mass is 394 g/mol. The molecule has 2 N–H and O–H groups in total. The number of amides is 1. The molecule has 29 heavy (non-hydrogen) atoms. The highest BCUT2D eigenvalue weighted by Gasteiger charge is 2.38. The minimum atomic E-state index is -1.17. The molecule has 2 aromatic heterocycles. The van der Waals surface area contributed by atoms with Gasteiger partial charge in [0.05, 0.1) is 0 Å². The van der Waals surface area contributed by atoms with Crippen molar-refractivity contribution in [3.63, 3.8) is 0 Å². The van der Waals surface area contributed by atoms with Crippen LogP contribution in [0.15, 0.2) is 59.3 Å². The van der Waals surface area contributed by atoms with Crippen molar-refractivity contribution in [3.8, 4) is 11.5 Å². The van der Waals surface area contributed by atoms with Gasteiger partial charge in [0.2, 0.25) is 17.6 Å². The summed E-state index contributed by atoms with van der Waals surface area (Å²) in [5, 5.41) is 16.4. The largest absolute Gasteiger partial charge is 0.481 e. The number of aryl methyl sites for hydroxylation is 1. The van der Waals surface area contributed by atoms with Gasteiger partial charge in [-0.05, 0) is 24.1 Å². The van der Waals surface area contributed by atoms with E-state index in [1.54, 1.807) is 49.5 Å². The summed E-state index contributed by atoms with van der Waals surface area (Å²) in [6.07, 6.45) is 2.35. The van der Waals surface area contributed by atoms with Crippen LogP contribution in [0.5, 0.6) is 0 Å². The van der Waals surface area contributed by atoms with Crippen LogP contribution in [0, 0.1) is 0 Å². The van der Waals surface area contributed by atoms with E-state index >= 15 is 0 Å². The van der Waals surface area contributed by atoms with Gasteiger partial charge in [-0.3, -0.25) is 14.6 Å². The molecule has 1 atom stereocenters. The molecule has 8 heteroatoms. The molecule has 8 nitrogen and oxygen atoms in total. The summed E-state index contributed by atoms with van der Waals surface area (Å²) in [5.41, 5.74) is 0.0734. The topological polar surface area (TPSA) is 118 Å². The van der Waals surface area contributed by atoms with Gasteiger partial charge in [-0.25, -0.2) is 0 Å². The number of hydrogen-bond donors (Lipinski definition) is 2. The van der Waals surface area contributed by atoms with E-state index in [0.29, 0.717) is 29.4 Å². The summed E-state index contributed by atoms with van der Waals surface area (Å²) in [6, 6.07) is 14.3. The lowest BCUT2D eigenvalue weighted by atomic mass is 9.78. The fourth-order valence-electron chi connectivity index (χ4n) is 3.05. The molecule has 0 saturated heterocycles. The maximum atomic E-state index is 12.3. The van der Waals surface area contributed by atoms with E-state index in [1.165, 1.54) is 0 Å². The zero-order chi connectivity index (χ0) is 20.7. The Kier molecular flexibility index (Phi) is 6.33. The number of benzene rings is 1. The Morgan fingerprint density at radius 3 is 2.55 bits per heavy atom. The average Bonchev–Trinajstić information content (AvgIpc) is 3.23. The van der Waals surface area contributed by atoms with Crippen LogP contribution in [0.3, 0.4) is 0 Å². The van der Waals surface area contributed by atoms with Crippen molar-refractivity contribution < 1.29 is 19.2 Å². The number of hydrogen-bond acceptors (Lipinski definition) is 6. The molecule has 0 bridgehead atoms. The molecule has 0 spiro atoms. The predicted molar refractivity (Wildman–Crippen MR) is 105 cm³/mol. The van der Waals surface area contributed by atoms with Crippen LogP contribution in [0.2, 0.25) is 0 Å². The summed E-state index contributed by atoms with van der Waals surface area (Å²) in [7, 11) is 0. The Hall–Kier alpha value is -3.55. The van der Waals surface area contributed by atoms with Crippen LogP contribution >= 0.6 is 0 Å². The van der Waals surface area contributed by atoms with Crippen LogP contribution < -0.4 is 5.32 Å². The molecule has 1 unspecified atom stereocenters. The number of carbonyl (C=O) groups excluding carboxylic acids is 1. The van der Waals surface area contributed by atoms with E-state index in [2.05, 4.69) is 20.4 Å². The second kappa shape index (κ2) is 9.09. The molecule has 3 rings (SSSR count). The van der Waals surface area contributed by atoms with Crippen LogP contribution in [-0.2, 0) is 21.4 Å². The smallest absolute Gasteiger partial charge is 0.315 e. The maximum Gasteiger partial charge on any atom is 0.315 e. The summed E-state index contributed by atoms with van der Waals surface area (Å²) < 4.78 is 5.17. The zero-order valence-corrected chi connectivity index (χ0v) is 16.0. The molecule has 1 aromatic carbocycles. The van der Waals surface area contributed by atoms with Crippen molar-refractivity contribution in [2.24, 2.45) is 0 Å². The Bertz CT molecular complexity index is 959. The fraction of sp³-hybridized carbons (Fsp3) is 0.286. The SMILES string of the molecule is CCC(CNC(=O)CCc1nc(-c2ccccn2)no1)(C(=O)O)c1ccccc1. The number of aromatic nitrogens is 3. The summed E-state index contributed by atoms with van der Waals surface area (Å²) in [6.45, 7) is 1.80. The number of pyridine rings is 1. The Balaban J connectivity index is 1.59. The van der Waals surface area contributed by atoms with Crippen molar-refractivity contribution in [1.82, 2.24) is 20.4 Å². The van der Waals surface area contributed by atoms with E-state index in [0.717, 1.165) is 0 Å². The Morgan fingerprint density at radius 2 is 1.90 bits per heavy atom. The number of aliphatic carboxylic acids is 1. The number of nitrogens with one attached hydrogen (secondary N) is 1. The van der Waals surface area contributed by atoms with E-state index < -0.39 is 11.4 Å². The van der Waals surface area contributed by atoms with Crippen LogP contribution in [0.4, 0.5) is 0 Å². The third-order valence-electron chi connectivity index (χ3n) is 4.85.